The molecule has 2 aromatic carbocycles. The van der Waals surface area contributed by atoms with Gasteiger partial charge in [-0.2, -0.15) is 36.3 Å². The Morgan fingerprint density at radius 2 is 1.33 bits per heavy atom. The third-order valence-corrected chi connectivity index (χ3v) is 3.60. The minimum Gasteiger partial charge on any atom is -0.467 e. The first-order chi connectivity index (χ1) is 14.0. The van der Waals surface area contributed by atoms with Crippen molar-refractivity contribution >= 4 is 0 Å². The Kier molecular flexibility index (Phi) is 5.72. The summed E-state index contributed by atoms with van der Waals surface area (Å²) in [6, 6.07) is 9.85. The van der Waals surface area contributed by atoms with E-state index in [1.165, 1.54) is 36.4 Å². The van der Waals surface area contributed by atoms with Crippen LogP contribution in [0.3, 0.4) is 0 Å². The third-order valence-electron chi connectivity index (χ3n) is 3.60. The Bertz CT molecular complexity index is 1020. The molecule has 0 aliphatic heterocycles. The molecule has 0 aliphatic carbocycles. The molecule has 3 rings (SSSR count). The van der Waals surface area contributed by atoms with Crippen molar-refractivity contribution < 1.29 is 40.6 Å². The van der Waals surface area contributed by atoms with Crippen molar-refractivity contribution in [1.82, 2.24) is 9.97 Å². The summed E-state index contributed by atoms with van der Waals surface area (Å²) in [5.41, 5.74) is -2.10. The van der Waals surface area contributed by atoms with E-state index < -0.39 is 35.5 Å². The van der Waals surface area contributed by atoms with Crippen molar-refractivity contribution in [2.45, 2.75) is 12.4 Å². The Morgan fingerprint density at radius 1 is 0.700 bits per heavy atom. The van der Waals surface area contributed by atoms with Crippen LogP contribution in [-0.4, -0.2) is 17.1 Å². The van der Waals surface area contributed by atoms with E-state index in [2.05, 4.69) is 14.7 Å². The summed E-state index contributed by atoms with van der Waals surface area (Å²) >= 11 is 0. The van der Waals surface area contributed by atoms with Crippen LogP contribution >= 0.6 is 0 Å². The van der Waals surface area contributed by atoms with Gasteiger partial charge in [-0.15, -0.1) is 0 Å². The average Bonchev–Trinajstić information content (AvgIpc) is 2.68. The number of benzene rings is 2. The van der Waals surface area contributed by atoms with Crippen molar-refractivity contribution in [3.8, 4) is 29.1 Å². The average molecular weight is 430 g/mol. The van der Waals surface area contributed by atoms with Gasteiger partial charge in [0.1, 0.15) is 17.2 Å². The second-order valence-electron chi connectivity index (χ2n) is 5.78. The molecule has 0 radical (unpaired) electrons. The van der Waals surface area contributed by atoms with Crippen LogP contribution in [0, 0.1) is 0 Å². The fraction of sp³-hybridized carbons (Fsp3) is 0.158. The molecule has 0 spiro atoms. The smallest absolute Gasteiger partial charge is 0.433 e. The number of hydrogen-bond donors (Lipinski definition) is 0. The first-order valence-corrected chi connectivity index (χ1v) is 8.18. The lowest BCUT2D eigenvalue weighted by Crippen LogP contribution is -2.10. The number of aromatic nitrogens is 2. The van der Waals surface area contributed by atoms with Crippen molar-refractivity contribution in [2.75, 3.05) is 7.11 Å². The van der Waals surface area contributed by atoms with Crippen LogP contribution in [0.25, 0.3) is 0 Å². The van der Waals surface area contributed by atoms with Crippen LogP contribution in [0.5, 0.6) is 29.1 Å². The fourth-order valence-corrected chi connectivity index (χ4v) is 2.26. The number of methoxy groups -OCH3 is 1. The van der Waals surface area contributed by atoms with Gasteiger partial charge >= 0.3 is 18.4 Å². The summed E-state index contributed by atoms with van der Waals surface area (Å²) < 4.78 is 92.3. The minimum absolute atomic E-state index is 0.0335. The van der Waals surface area contributed by atoms with E-state index >= 15 is 0 Å². The molecule has 0 unspecified atom stereocenters. The van der Waals surface area contributed by atoms with Gasteiger partial charge in [-0.05, 0) is 42.5 Å². The molecule has 5 nitrogen and oxygen atoms in total. The van der Waals surface area contributed by atoms with Gasteiger partial charge in [0.25, 0.3) is 0 Å². The first-order valence-electron chi connectivity index (χ1n) is 8.18. The summed E-state index contributed by atoms with van der Waals surface area (Å²) in [4.78, 5) is 6.90. The Labute approximate surface area is 165 Å². The van der Waals surface area contributed by atoms with Gasteiger partial charge in [0.2, 0.25) is 5.88 Å². The fourth-order valence-electron chi connectivity index (χ4n) is 2.26. The minimum atomic E-state index is -4.73. The standard InChI is InChI=1S/C19H12F6N2O3/c1-28-17-26-15(19(23,24)25)10-16(27-17)30-13-7-5-12(6-8-13)29-14-4-2-3-11(9-14)18(20,21)22/h2-10H,1H3. The summed E-state index contributed by atoms with van der Waals surface area (Å²) in [5, 5.41) is 0. The van der Waals surface area contributed by atoms with Crippen molar-refractivity contribution in [1.29, 1.82) is 0 Å². The van der Waals surface area contributed by atoms with Crippen LogP contribution in [0.2, 0.25) is 0 Å². The largest absolute Gasteiger partial charge is 0.467 e. The molecule has 30 heavy (non-hydrogen) atoms. The molecule has 0 aliphatic rings. The molecule has 0 bridgehead atoms. The van der Waals surface area contributed by atoms with Crippen LogP contribution in [0.15, 0.2) is 54.6 Å². The van der Waals surface area contributed by atoms with Crippen molar-refractivity contribution in [3.63, 3.8) is 0 Å². The molecule has 0 saturated carbocycles. The maximum atomic E-state index is 12.9. The summed E-state index contributed by atoms with van der Waals surface area (Å²) in [6.45, 7) is 0. The van der Waals surface area contributed by atoms with Crippen LogP contribution in [0.1, 0.15) is 11.3 Å². The van der Waals surface area contributed by atoms with E-state index in [-0.39, 0.29) is 17.2 Å². The van der Waals surface area contributed by atoms with Gasteiger partial charge in [0.05, 0.1) is 12.7 Å². The zero-order chi connectivity index (χ0) is 21.9. The van der Waals surface area contributed by atoms with Crippen molar-refractivity contribution in [2.24, 2.45) is 0 Å². The molecular formula is C19H12F6N2O3. The maximum absolute atomic E-state index is 12.9. The van der Waals surface area contributed by atoms with E-state index in [1.54, 1.807) is 0 Å². The number of rotatable bonds is 5. The number of hydrogen-bond acceptors (Lipinski definition) is 5. The zero-order valence-corrected chi connectivity index (χ0v) is 15.1. The highest BCUT2D eigenvalue weighted by molar-refractivity contribution is 5.38. The first kappa shape index (κ1) is 21.2. The van der Waals surface area contributed by atoms with Gasteiger partial charge in [-0.3, -0.25) is 0 Å². The van der Waals surface area contributed by atoms with Crippen molar-refractivity contribution in [3.05, 3.63) is 65.9 Å². The highest BCUT2D eigenvalue weighted by atomic mass is 19.4. The Hall–Kier alpha value is -3.50. The SMILES string of the molecule is COc1nc(Oc2ccc(Oc3cccc(C(F)(F)F)c3)cc2)cc(C(F)(F)F)n1. The second-order valence-corrected chi connectivity index (χ2v) is 5.78. The number of nitrogens with zero attached hydrogens (tertiary/aromatic N) is 2. The van der Waals surface area contributed by atoms with E-state index in [1.807, 2.05) is 0 Å². The molecule has 11 heteroatoms. The van der Waals surface area contributed by atoms with Gasteiger partial charge in [0, 0.05) is 6.07 Å². The summed E-state index contributed by atoms with van der Waals surface area (Å²) in [6.07, 6.45) is -9.23. The van der Waals surface area contributed by atoms with E-state index in [4.69, 9.17) is 9.47 Å². The topological polar surface area (TPSA) is 53.5 Å². The molecular weight excluding hydrogens is 418 g/mol. The maximum Gasteiger partial charge on any atom is 0.433 e. The highest BCUT2D eigenvalue weighted by Crippen LogP contribution is 2.34. The third kappa shape index (κ3) is 5.31. The van der Waals surface area contributed by atoms with E-state index in [0.29, 0.717) is 6.07 Å². The molecule has 0 N–H and O–H groups in total. The predicted molar refractivity (Wildman–Crippen MR) is 91.6 cm³/mol. The quantitative estimate of drug-likeness (QED) is 0.458. The molecule has 0 amide bonds. The van der Waals surface area contributed by atoms with E-state index in [9.17, 15) is 26.3 Å². The van der Waals surface area contributed by atoms with Crippen LogP contribution in [0.4, 0.5) is 26.3 Å². The van der Waals surface area contributed by atoms with Gasteiger partial charge in [-0.1, -0.05) is 6.07 Å². The molecule has 1 heterocycles. The monoisotopic (exact) mass is 430 g/mol. The molecule has 0 fully saturated rings. The lowest BCUT2D eigenvalue weighted by Gasteiger charge is -2.12. The lowest BCUT2D eigenvalue weighted by molar-refractivity contribution is -0.141. The number of ether oxygens (including phenoxy) is 3. The zero-order valence-electron chi connectivity index (χ0n) is 15.1. The summed E-state index contributed by atoms with van der Waals surface area (Å²) in [7, 11) is 1.11. The molecule has 158 valence electrons. The normalized spacial score (nSPS) is 11.8. The lowest BCUT2D eigenvalue weighted by atomic mass is 10.2. The molecule has 3 aromatic rings. The van der Waals surface area contributed by atoms with Crippen LogP contribution < -0.4 is 14.2 Å². The highest BCUT2D eigenvalue weighted by Gasteiger charge is 2.34. The van der Waals surface area contributed by atoms with Gasteiger partial charge in [0.15, 0.2) is 5.69 Å². The molecule has 0 saturated heterocycles. The van der Waals surface area contributed by atoms with Gasteiger partial charge in [-0.25, -0.2) is 0 Å². The molecule has 0 atom stereocenters. The number of alkyl halides is 6. The number of halogens is 6. The Balaban J connectivity index is 1.76. The van der Waals surface area contributed by atoms with Crippen LogP contribution in [-0.2, 0) is 12.4 Å². The molecule has 1 aromatic heterocycles. The predicted octanol–water partition coefficient (Wildman–Crippen LogP) is 6.11. The Morgan fingerprint density at radius 3 is 1.90 bits per heavy atom. The van der Waals surface area contributed by atoms with Gasteiger partial charge < -0.3 is 14.2 Å². The second kappa shape index (κ2) is 8.09. The summed E-state index contributed by atoms with van der Waals surface area (Å²) in [5.74, 6) is -0.132. The van der Waals surface area contributed by atoms with E-state index in [0.717, 1.165) is 19.2 Å².